The first-order chi connectivity index (χ1) is 12.5. The van der Waals surface area contributed by atoms with Gasteiger partial charge in [0.05, 0.1) is 18.7 Å². The van der Waals surface area contributed by atoms with Gasteiger partial charge in [0, 0.05) is 5.56 Å². The number of halogens is 2. The summed E-state index contributed by atoms with van der Waals surface area (Å²) in [5, 5.41) is 0.347. The minimum Gasteiger partial charge on any atom is -0.491 e. The molecule has 0 bridgehead atoms. The fraction of sp³-hybridized carbons (Fsp3) is 0.158. The van der Waals surface area contributed by atoms with Crippen molar-refractivity contribution in [3.63, 3.8) is 0 Å². The summed E-state index contributed by atoms with van der Waals surface area (Å²) in [6, 6.07) is 8.84. The summed E-state index contributed by atoms with van der Waals surface area (Å²) in [6.07, 6.45) is 1.53. The van der Waals surface area contributed by atoms with Crippen molar-refractivity contribution in [3.05, 3.63) is 64.1 Å². The Hall–Kier alpha value is -2.86. The van der Waals surface area contributed by atoms with Crippen molar-refractivity contribution in [1.82, 2.24) is 0 Å². The molecule has 0 saturated carbocycles. The SMILES string of the molecule is CCOc1cc(/C=C2\N=C(c3ccc(F)cc3)OC2=O)cc(Cl)c1OC. The summed E-state index contributed by atoms with van der Waals surface area (Å²) in [5.41, 5.74) is 1.22. The van der Waals surface area contributed by atoms with Crippen LogP contribution in [0.25, 0.3) is 6.08 Å². The van der Waals surface area contributed by atoms with Gasteiger partial charge in [0.25, 0.3) is 0 Å². The molecule has 134 valence electrons. The minimum atomic E-state index is -0.603. The van der Waals surface area contributed by atoms with Crippen molar-refractivity contribution in [3.8, 4) is 11.5 Å². The van der Waals surface area contributed by atoms with Gasteiger partial charge in [-0.1, -0.05) is 11.6 Å². The summed E-state index contributed by atoms with van der Waals surface area (Å²) < 4.78 is 28.9. The van der Waals surface area contributed by atoms with E-state index in [-0.39, 0.29) is 17.4 Å². The largest absolute Gasteiger partial charge is 0.491 e. The van der Waals surface area contributed by atoms with E-state index in [0.29, 0.717) is 34.3 Å². The van der Waals surface area contributed by atoms with Crippen LogP contribution in [0.15, 0.2) is 47.1 Å². The van der Waals surface area contributed by atoms with Crippen molar-refractivity contribution in [2.75, 3.05) is 13.7 Å². The maximum Gasteiger partial charge on any atom is 0.363 e. The highest BCUT2D eigenvalue weighted by molar-refractivity contribution is 6.32. The summed E-state index contributed by atoms with van der Waals surface area (Å²) in [7, 11) is 1.50. The first-order valence-corrected chi connectivity index (χ1v) is 8.18. The van der Waals surface area contributed by atoms with Gasteiger partial charge in [-0.05, 0) is 55.0 Å². The summed E-state index contributed by atoms with van der Waals surface area (Å²) in [4.78, 5) is 16.3. The molecule has 3 rings (SSSR count). The van der Waals surface area contributed by atoms with Crippen LogP contribution in [-0.2, 0) is 9.53 Å². The highest BCUT2D eigenvalue weighted by Gasteiger charge is 2.24. The lowest BCUT2D eigenvalue weighted by atomic mass is 10.1. The number of rotatable bonds is 5. The molecular weight excluding hydrogens is 361 g/mol. The second-order valence-corrected chi connectivity index (χ2v) is 5.72. The van der Waals surface area contributed by atoms with Gasteiger partial charge in [-0.15, -0.1) is 0 Å². The summed E-state index contributed by atoms with van der Waals surface area (Å²) in [5.74, 6) is 0.00880. The molecule has 0 saturated heterocycles. The lowest BCUT2D eigenvalue weighted by molar-refractivity contribution is -0.129. The van der Waals surface area contributed by atoms with Crippen LogP contribution in [0.1, 0.15) is 18.1 Å². The molecule has 0 aliphatic carbocycles. The Morgan fingerprint density at radius 1 is 1.27 bits per heavy atom. The number of hydrogen-bond donors (Lipinski definition) is 0. The van der Waals surface area contributed by atoms with Crippen molar-refractivity contribution in [1.29, 1.82) is 0 Å². The van der Waals surface area contributed by atoms with Crippen LogP contribution in [0.4, 0.5) is 4.39 Å². The van der Waals surface area contributed by atoms with E-state index in [4.69, 9.17) is 25.8 Å². The normalized spacial score (nSPS) is 15.0. The third kappa shape index (κ3) is 3.70. The van der Waals surface area contributed by atoms with Gasteiger partial charge in [0.15, 0.2) is 17.2 Å². The number of carbonyl (C=O) groups excluding carboxylic acids is 1. The van der Waals surface area contributed by atoms with Crippen LogP contribution in [0.2, 0.25) is 5.02 Å². The van der Waals surface area contributed by atoms with Gasteiger partial charge in [0.2, 0.25) is 5.90 Å². The Bertz CT molecular complexity index is 907. The molecule has 0 atom stereocenters. The quantitative estimate of drug-likeness (QED) is 0.579. The zero-order chi connectivity index (χ0) is 18.7. The Kier molecular flexibility index (Phi) is 5.23. The Morgan fingerprint density at radius 3 is 2.65 bits per heavy atom. The van der Waals surface area contributed by atoms with Gasteiger partial charge < -0.3 is 14.2 Å². The number of carbonyl (C=O) groups is 1. The third-order valence-corrected chi connectivity index (χ3v) is 3.83. The van der Waals surface area contributed by atoms with Gasteiger partial charge >= 0.3 is 5.97 Å². The lowest BCUT2D eigenvalue weighted by Crippen LogP contribution is -2.05. The average molecular weight is 376 g/mol. The second-order valence-electron chi connectivity index (χ2n) is 5.31. The topological polar surface area (TPSA) is 57.1 Å². The van der Waals surface area contributed by atoms with E-state index < -0.39 is 5.97 Å². The molecule has 0 fully saturated rings. The van der Waals surface area contributed by atoms with Crippen molar-refractivity contribution in [2.45, 2.75) is 6.92 Å². The maximum atomic E-state index is 13.0. The molecule has 0 amide bonds. The predicted molar refractivity (Wildman–Crippen MR) is 96.2 cm³/mol. The first-order valence-electron chi connectivity index (χ1n) is 7.80. The number of nitrogens with zero attached hydrogens (tertiary/aromatic N) is 1. The van der Waals surface area contributed by atoms with E-state index in [2.05, 4.69) is 4.99 Å². The average Bonchev–Trinajstić information content (AvgIpc) is 2.96. The highest BCUT2D eigenvalue weighted by Crippen LogP contribution is 2.37. The Balaban J connectivity index is 1.96. The fourth-order valence-electron chi connectivity index (χ4n) is 2.42. The molecule has 5 nitrogen and oxygen atoms in total. The van der Waals surface area contributed by atoms with Crippen LogP contribution in [0, 0.1) is 5.82 Å². The van der Waals surface area contributed by atoms with E-state index in [1.54, 1.807) is 12.1 Å². The minimum absolute atomic E-state index is 0.105. The van der Waals surface area contributed by atoms with E-state index in [9.17, 15) is 9.18 Å². The number of ether oxygens (including phenoxy) is 3. The number of benzene rings is 2. The number of cyclic esters (lactones) is 1. The Labute approximate surface area is 154 Å². The number of hydrogen-bond acceptors (Lipinski definition) is 5. The monoisotopic (exact) mass is 375 g/mol. The van der Waals surface area contributed by atoms with Gasteiger partial charge in [-0.25, -0.2) is 14.2 Å². The molecular formula is C19H15ClFNO4. The van der Waals surface area contributed by atoms with Crippen molar-refractivity contribution in [2.24, 2.45) is 4.99 Å². The van der Waals surface area contributed by atoms with Crippen molar-refractivity contribution < 1.29 is 23.4 Å². The molecule has 1 aliphatic rings. The lowest BCUT2D eigenvalue weighted by Gasteiger charge is -2.11. The smallest absolute Gasteiger partial charge is 0.363 e. The molecule has 0 radical (unpaired) electrons. The molecule has 0 unspecified atom stereocenters. The number of esters is 1. The van der Waals surface area contributed by atoms with Gasteiger partial charge in [-0.2, -0.15) is 0 Å². The maximum absolute atomic E-state index is 13.0. The van der Waals surface area contributed by atoms with E-state index in [1.807, 2.05) is 6.92 Å². The number of methoxy groups -OCH3 is 1. The third-order valence-electron chi connectivity index (χ3n) is 3.55. The van der Waals surface area contributed by atoms with E-state index in [1.165, 1.54) is 37.5 Å². The molecule has 1 aliphatic heterocycles. The summed E-state index contributed by atoms with van der Waals surface area (Å²) >= 11 is 6.21. The van der Waals surface area contributed by atoms with Crippen LogP contribution in [0.3, 0.4) is 0 Å². The fourth-order valence-corrected chi connectivity index (χ4v) is 2.71. The summed E-state index contributed by atoms with van der Waals surface area (Å²) in [6.45, 7) is 2.27. The van der Waals surface area contributed by atoms with Crippen LogP contribution in [0.5, 0.6) is 11.5 Å². The molecule has 2 aromatic carbocycles. The standard InChI is InChI=1S/C19H15ClFNO4/c1-3-25-16-10-11(8-14(20)17(16)24-2)9-15-19(23)26-18(22-15)12-4-6-13(21)7-5-12/h4-10H,3H2,1-2H3/b15-9-. The van der Waals surface area contributed by atoms with Crippen molar-refractivity contribution >= 4 is 29.5 Å². The van der Waals surface area contributed by atoms with Gasteiger partial charge in [0.1, 0.15) is 5.82 Å². The predicted octanol–water partition coefficient (Wildman–Crippen LogP) is 4.23. The number of aliphatic imine (C=N–C) groups is 1. The van der Waals surface area contributed by atoms with Gasteiger partial charge in [-0.3, -0.25) is 0 Å². The van der Waals surface area contributed by atoms with Crippen LogP contribution >= 0.6 is 11.6 Å². The molecule has 0 spiro atoms. The highest BCUT2D eigenvalue weighted by atomic mass is 35.5. The molecule has 0 N–H and O–H groups in total. The zero-order valence-corrected chi connectivity index (χ0v) is 14.8. The second kappa shape index (κ2) is 7.58. The molecule has 0 aromatic heterocycles. The molecule has 2 aromatic rings. The van der Waals surface area contributed by atoms with E-state index in [0.717, 1.165) is 0 Å². The zero-order valence-electron chi connectivity index (χ0n) is 14.1. The first kappa shape index (κ1) is 17.9. The van der Waals surface area contributed by atoms with Crippen LogP contribution in [-0.4, -0.2) is 25.6 Å². The van der Waals surface area contributed by atoms with E-state index >= 15 is 0 Å². The Morgan fingerprint density at radius 2 is 2.00 bits per heavy atom. The molecule has 7 heteroatoms. The van der Waals surface area contributed by atoms with Crippen LogP contribution < -0.4 is 9.47 Å². The molecule has 1 heterocycles. The molecule has 26 heavy (non-hydrogen) atoms.